The molecule has 0 amide bonds. The van der Waals surface area contributed by atoms with Crippen molar-refractivity contribution < 1.29 is 0 Å². The highest BCUT2D eigenvalue weighted by molar-refractivity contribution is 14.2. The van der Waals surface area contributed by atoms with E-state index in [1.165, 1.54) is 15.4 Å². The van der Waals surface area contributed by atoms with Gasteiger partial charge in [-0.1, -0.05) is 74.1 Å². The van der Waals surface area contributed by atoms with Crippen molar-refractivity contribution in [2.45, 2.75) is 16.3 Å². The van der Waals surface area contributed by atoms with Crippen molar-refractivity contribution >= 4 is 28.6 Å². The zero-order valence-electron chi connectivity index (χ0n) is 13.1. The summed E-state index contributed by atoms with van der Waals surface area (Å²) in [6, 6.07) is 32.4. The molecule has 0 aliphatic rings. The Bertz CT molecular complexity index is 692. The maximum atomic E-state index is 2.67. The van der Waals surface area contributed by atoms with E-state index in [9.17, 15) is 0 Å². The van der Waals surface area contributed by atoms with E-state index in [1.807, 2.05) is 0 Å². The van der Waals surface area contributed by atoms with Crippen molar-refractivity contribution in [3.8, 4) is 0 Å². The number of hydrogen-bond acceptors (Lipinski definition) is 1. The van der Waals surface area contributed by atoms with E-state index in [4.69, 9.17) is 0 Å². The van der Waals surface area contributed by atoms with Gasteiger partial charge in [-0.25, -0.2) is 0 Å². The summed E-state index contributed by atoms with van der Waals surface area (Å²) in [5, 5.41) is 0. The summed E-state index contributed by atoms with van der Waals surface area (Å²) in [5.74, 6) is 0. The van der Waals surface area contributed by atoms with Gasteiger partial charge in [0.25, 0.3) is 0 Å². The summed E-state index contributed by atoms with van der Waals surface area (Å²) >= 11 is 2.67. The minimum Gasteiger partial charge on any atom is -0.251 e. The predicted octanol–water partition coefficient (Wildman–Crippen LogP) is 6.31. The summed E-state index contributed by atoms with van der Waals surface area (Å²) < 4.78 is 2.49. The molecule has 0 aliphatic heterocycles. The van der Waals surface area contributed by atoms with Crippen LogP contribution in [0, 0.1) is 0 Å². The van der Waals surface area contributed by atoms with Crippen LogP contribution in [0.2, 0.25) is 0 Å². The van der Waals surface area contributed by atoms with Crippen LogP contribution >= 0.6 is 28.6 Å². The largest absolute Gasteiger partial charge is 0.251 e. The van der Waals surface area contributed by atoms with Gasteiger partial charge in [0.2, 0.25) is 0 Å². The van der Waals surface area contributed by atoms with Gasteiger partial charge in [-0.15, -0.1) is 0 Å². The Balaban J connectivity index is 2.02. The Hall–Kier alpha value is -1.30. The molecule has 0 unspecified atom stereocenters. The summed E-state index contributed by atoms with van der Waals surface area (Å²) in [4.78, 5) is 2.76. The molecule has 0 aliphatic carbocycles. The molecule has 3 rings (SSSR count). The number of hydrogen-bond donors (Lipinski definition) is 0. The maximum absolute atomic E-state index is 2.67. The monoisotopic (exact) mass is 433 g/mol. The minimum absolute atomic E-state index is 0.933. The van der Waals surface area contributed by atoms with Crippen LogP contribution in [-0.4, -0.2) is 11.4 Å². The second-order valence-corrected chi connectivity index (χ2v) is 11.8. The van der Waals surface area contributed by atoms with Crippen LogP contribution in [0.5, 0.6) is 0 Å². The summed E-state index contributed by atoms with van der Waals surface area (Å²) in [5.41, 5.74) is 1.34. The van der Waals surface area contributed by atoms with Crippen molar-refractivity contribution in [2.24, 2.45) is 0 Å². The van der Waals surface area contributed by atoms with Crippen LogP contribution < -0.4 is 0 Å². The first-order valence-electron chi connectivity index (χ1n) is 7.59. The molecule has 1 nitrogen and oxygen atoms in total. The number of benzene rings is 3. The molecule has 0 atom stereocenters. The van der Waals surface area contributed by atoms with Gasteiger partial charge in [0.1, 0.15) is 0 Å². The number of halogens is 1. The van der Waals surface area contributed by atoms with Gasteiger partial charge < -0.3 is 0 Å². The van der Waals surface area contributed by atoms with Crippen LogP contribution in [-0.2, 0) is 6.54 Å². The first kappa shape index (κ1) is 16.6. The molecule has 0 spiro atoms. The molecule has 3 aromatic rings. The van der Waals surface area contributed by atoms with Crippen molar-refractivity contribution in [2.75, 3.05) is 7.05 Å². The lowest BCUT2D eigenvalue weighted by atomic mass is 10.2. The molecular formula is C20H20INS. The molecule has 0 saturated carbocycles. The fourth-order valence-corrected chi connectivity index (χ4v) is 7.16. The third kappa shape index (κ3) is 3.62. The maximum Gasteiger partial charge on any atom is 0.0335 e. The second kappa shape index (κ2) is 7.51. The average molecular weight is 433 g/mol. The van der Waals surface area contributed by atoms with E-state index < -0.39 is 7.39 Å². The van der Waals surface area contributed by atoms with E-state index in [0.717, 1.165) is 6.54 Å². The fraction of sp³-hybridized carbons (Fsp3) is 0.100. The van der Waals surface area contributed by atoms with E-state index in [1.54, 1.807) is 0 Å². The molecule has 0 heterocycles. The van der Waals surface area contributed by atoms with E-state index >= 15 is 0 Å². The van der Waals surface area contributed by atoms with Crippen LogP contribution in [0.15, 0.2) is 101 Å². The zero-order valence-corrected chi connectivity index (χ0v) is 16.1. The topological polar surface area (TPSA) is 3.24 Å². The standard InChI is InChI=1S/C20H20INS/c1-22(17-18-11-5-2-6-12-18)23(21,19-13-7-3-8-14-19)20-15-9-4-10-16-20/h2-16H,17H2,1H3. The molecule has 0 fully saturated rings. The predicted molar refractivity (Wildman–Crippen MR) is 109 cm³/mol. The minimum atomic E-state index is -1.27. The third-order valence-electron chi connectivity index (χ3n) is 3.79. The van der Waals surface area contributed by atoms with Gasteiger partial charge >= 0.3 is 0 Å². The van der Waals surface area contributed by atoms with Crippen LogP contribution in [0.4, 0.5) is 0 Å². The fourth-order valence-electron chi connectivity index (χ4n) is 2.63. The molecule has 0 bridgehead atoms. The number of nitrogens with zero attached hydrogens (tertiary/aromatic N) is 1. The molecule has 0 N–H and O–H groups in total. The average Bonchev–Trinajstić information content (AvgIpc) is 2.63. The van der Waals surface area contributed by atoms with Crippen molar-refractivity contribution in [1.29, 1.82) is 0 Å². The quantitative estimate of drug-likeness (QED) is 0.427. The van der Waals surface area contributed by atoms with Gasteiger partial charge in [-0.05, 0) is 58.1 Å². The van der Waals surface area contributed by atoms with Crippen molar-refractivity contribution in [3.05, 3.63) is 96.6 Å². The molecule has 3 heteroatoms. The Labute approximate surface area is 152 Å². The number of rotatable bonds is 5. The first-order chi connectivity index (χ1) is 11.2. The van der Waals surface area contributed by atoms with Crippen LogP contribution in [0.3, 0.4) is 0 Å². The smallest absolute Gasteiger partial charge is 0.0335 e. The van der Waals surface area contributed by atoms with Gasteiger partial charge in [0.15, 0.2) is 0 Å². The first-order valence-corrected chi connectivity index (χ1v) is 11.7. The summed E-state index contributed by atoms with van der Waals surface area (Å²) in [7, 11) is 0.961. The van der Waals surface area contributed by atoms with E-state index in [0.29, 0.717) is 0 Å². The normalized spacial score (nSPS) is 12.3. The molecule has 23 heavy (non-hydrogen) atoms. The molecule has 3 aromatic carbocycles. The lowest BCUT2D eigenvalue weighted by Gasteiger charge is -2.42. The SMILES string of the molecule is CN(Cc1ccccc1)S(I)(c1ccccc1)c1ccccc1. The molecule has 0 radical (unpaired) electrons. The lowest BCUT2D eigenvalue weighted by Crippen LogP contribution is -2.20. The second-order valence-electron chi connectivity index (χ2n) is 5.41. The highest BCUT2D eigenvalue weighted by Crippen LogP contribution is 2.71. The molecule has 118 valence electrons. The lowest BCUT2D eigenvalue weighted by molar-refractivity contribution is 0.553. The van der Waals surface area contributed by atoms with E-state index in [-0.39, 0.29) is 0 Å². The van der Waals surface area contributed by atoms with Gasteiger partial charge in [-0.3, -0.25) is 4.31 Å². The van der Waals surface area contributed by atoms with E-state index in [2.05, 4.69) is 124 Å². The Morgan fingerprint density at radius 2 is 1.09 bits per heavy atom. The summed E-state index contributed by atoms with van der Waals surface area (Å²) in [6.45, 7) is 0.933. The van der Waals surface area contributed by atoms with Gasteiger partial charge in [0, 0.05) is 16.3 Å². The Kier molecular flexibility index (Phi) is 5.41. The highest BCUT2D eigenvalue weighted by atomic mass is 127. The highest BCUT2D eigenvalue weighted by Gasteiger charge is 2.30. The van der Waals surface area contributed by atoms with Crippen LogP contribution in [0.25, 0.3) is 0 Å². The third-order valence-corrected chi connectivity index (χ3v) is 11.6. The van der Waals surface area contributed by atoms with Crippen LogP contribution in [0.1, 0.15) is 5.56 Å². The Morgan fingerprint density at radius 3 is 1.52 bits per heavy atom. The molecule has 0 aromatic heterocycles. The van der Waals surface area contributed by atoms with Gasteiger partial charge in [0.05, 0.1) is 0 Å². The van der Waals surface area contributed by atoms with Gasteiger partial charge in [-0.2, -0.15) is 0 Å². The molecule has 0 saturated heterocycles. The van der Waals surface area contributed by atoms with Crippen molar-refractivity contribution in [1.82, 2.24) is 4.31 Å². The Morgan fingerprint density at radius 1 is 0.696 bits per heavy atom. The summed E-state index contributed by atoms with van der Waals surface area (Å²) in [6.07, 6.45) is 0. The zero-order chi connectivity index (χ0) is 16.1. The van der Waals surface area contributed by atoms with Crippen molar-refractivity contribution in [3.63, 3.8) is 0 Å². The molecular weight excluding hydrogens is 413 g/mol.